The molecule has 0 aromatic heterocycles. The van der Waals surface area contributed by atoms with Crippen LogP contribution >= 0.6 is 0 Å². The first-order chi connectivity index (χ1) is 9.00. The fraction of sp³-hybridized carbons (Fsp3) is 0.308. The summed E-state index contributed by atoms with van der Waals surface area (Å²) in [6.45, 7) is 0. The molecule has 0 heterocycles. The number of nitro groups is 1. The SMILES string of the molecule is O=C1CCCC=C1C(O)c1cc(F)ccc1[N+](=O)[O-]. The second-order valence-corrected chi connectivity index (χ2v) is 4.34. The zero-order valence-electron chi connectivity index (χ0n) is 10.0. The van der Waals surface area contributed by atoms with Crippen LogP contribution in [0.1, 0.15) is 30.9 Å². The number of hydrogen-bond donors (Lipinski definition) is 1. The van der Waals surface area contributed by atoms with E-state index in [1.165, 1.54) is 0 Å². The molecule has 2 rings (SSSR count). The van der Waals surface area contributed by atoms with E-state index in [2.05, 4.69) is 0 Å². The van der Waals surface area contributed by atoms with E-state index in [0.29, 0.717) is 19.3 Å². The lowest BCUT2D eigenvalue weighted by molar-refractivity contribution is -0.386. The second kappa shape index (κ2) is 5.27. The molecule has 0 fully saturated rings. The molecule has 100 valence electrons. The maximum absolute atomic E-state index is 13.2. The van der Waals surface area contributed by atoms with Gasteiger partial charge < -0.3 is 5.11 Å². The molecule has 0 bridgehead atoms. The molecular weight excluding hydrogens is 253 g/mol. The summed E-state index contributed by atoms with van der Waals surface area (Å²) >= 11 is 0. The summed E-state index contributed by atoms with van der Waals surface area (Å²) in [5.41, 5.74) is -0.473. The highest BCUT2D eigenvalue weighted by Crippen LogP contribution is 2.33. The van der Waals surface area contributed by atoms with Crippen molar-refractivity contribution >= 4 is 11.5 Å². The number of ketones is 1. The van der Waals surface area contributed by atoms with Crippen LogP contribution in [0.15, 0.2) is 29.8 Å². The van der Waals surface area contributed by atoms with Crippen molar-refractivity contribution in [3.63, 3.8) is 0 Å². The molecule has 1 unspecified atom stereocenters. The molecule has 5 nitrogen and oxygen atoms in total. The Bertz CT molecular complexity index is 568. The zero-order valence-corrected chi connectivity index (χ0v) is 10.0. The molecule has 0 amide bonds. The summed E-state index contributed by atoms with van der Waals surface area (Å²) < 4.78 is 13.2. The number of nitro benzene ring substituents is 1. The number of hydrogen-bond acceptors (Lipinski definition) is 4. The van der Waals surface area contributed by atoms with Gasteiger partial charge in [-0.05, 0) is 25.0 Å². The van der Waals surface area contributed by atoms with E-state index >= 15 is 0 Å². The van der Waals surface area contributed by atoms with E-state index in [1.54, 1.807) is 6.08 Å². The Kier molecular flexibility index (Phi) is 3.71. The van der Waals surface area contributed by atoms with Crippen LogP contribution in [0.3, 0.4) is 0 Å². The Balaban J connectivity index is 2.45. The summed E-state index contributed by atoms with van der Waals surface area (Å²) in [4.78, 5) is 21.9. The van der Waals surface area contributed by atoms with Crippen LogP contribution in [-0.2, 0) is 4.79 Å². The third-order valence-electron chi connectivity index (χ3n) is 3.07. The van der Waals surface area contributed by atoms with Gasteiger partial charge in [0.05, 0.1) is 10.5 Å². The van der Waals surface area contributed by atoms with E-state index < -0.39 is 22.5 Å². The van der Waals surface area contributed by atoms with Gasteiger partial charge >= 0.3 is 0 Å². The van der Waals surface area contributed by atoms with Crippen LogP contribution in [0.2, 0.25) is 0 Å². The number of nitrogens with zero attached hydrogens (tertiary/aromatic N) is 1. The van der Waals surface area contributed by atoms with Crippen molar-refractivity contribution in [2.75, 3.05) is 0 Å². The molecule has 0 spiro atoms. The Morgan fingerprint density at radius 1 is 1.42 bits per heavy atom. The van der Waals surface area contributed by atoms with Crippen LogP contribution in [0.25, 0.3) is 0 Å². The molecule has 0 radical (unpaired) electrons. The lowest BCUT2D eigenvalue weighted by Gasteiger charge is -2.17. The molecule has 1 atom stereocenters. The first-order valence-corrected chi connectivity index (χ1v) is 5.86. The Labute approximate surface area is 108 Å². The van der Waals surface area contributed by atoms with Gasteiger partial charge in [0.2, 0.25) is 0 Å². The molecule has 0 saturated heterocycles. The van der Waals surface area contributed by atoms with Crippen molar-refractivity contribution in [1.29, 1.82) is 0 Å². The van der Waals surface area contributed by atoms with Crippen LogP contribution in [-0.4, -0.2) is 15.8 Å². The number of Topliss-reactive ketones (excluding diaryl/α,β-unsaturated/α-hetero) is 1. The van der Waals surface area contributed by atoms with Gasteiger partial charge in [-0.1, -0.05) is 6.08 Å². The fourth-order valence-electron chi connectivity index (χ4n) is 2.12. The lowest BCUT2D eigenvalue weighted by atomic mass is 9.90. The standard InChI is InChI=1S/C13H12FNO4/c14-8-5-6-11(15(18)19)10(7-8)13(17)9-3-1-2-4-12(9)16/h3,5-7,13,17H,1-2,4H2. The third-order valence-corrected chi connectivity index (χ3v) is 3.07. The van der Waals surface area contributed by atoms with Crippen molar-refractivity contribution in [1.82, 2.24) is 0 Å². The highest BCUT2D eigenvalue weighted by atomic mass is 19.1. The van der Waals surface area contributed by atoms with E-state index in [-0.39, 0.29) is 16.9 Å². The van der Waals surface area contributed by atoms with Gasteiger partial charge in [-0.2, -0.15) is 0 Å². The number of aliphatic hydroxyl groups is 1. The normalized spacial score (nSPS) is 16.9. The van der Waals surface area contributed by atoms with Gasteiger partial charge in [0.1, 0.15) is 11.9 Å². The topological polar surface area (TPSA) is 80.4 Å². The number of allylic oxidation sites excluding steroid dienone is 1. The van der Waals surface area contributed by atoms with Crippen molar-refractivity contribution in [3.05, 3.63) is 51.3 Å². The molecule has 1 aromatic rings. The second-order valence-electron chi connectivity index (χ2n) is 4.34. The number of carbonyl (C=O) groups is 1. The van der Waals surface area contributed by atoms with Crippen LogP contribution in [0.4, 0.5) is 10.1 Å². The average molecular weight is 265 g/mol. The maximum atomic E-state index is 13.2. The van der Waals surface area contributed by atoms with E-state index in [4.69, 9.17) is 0 Å². The molecule has 19 heavy (non-hydrogen) atoms. The predicted molar refractivity (Wildman–Crippen MR) is 65.0 cm³/mol. The summed E-state index contributed by atoms with van der Waals surface area (Å²) in [7, 11) is 0. The number of carbonyl (C=O) groups excluding carboxylic acids is 1. The monoisotopic (exact) mass is 265 g/mol. The quantitative estimate of drug-likeness (QED) is 0.672. The summed E-state index contributed by atoms with van der Waals surface area (Å²) in [6.07, 6.45) is 1.72. The lowest BCUT2D eigenvalue weighted by Crippen LogP contribution is -2.15. The number of benzene rings is 1. The molecule has 1 N–H and O–H groups in total. The summed E-state index contributed by atoms with van der Waals surface area (Å²) in [5.74, 6) is -0.944. The first-order valence-electron chi connectivity index (χ1n) is 5.86. The van der Waals surface area contributed by atoms with Crippen molar-refractivity contribution in [2.24, 2.45) is 0 Å². The van der Waals surface area contributed by atoms with Gasteiger partial charge in [-0.25, -0.2) is 4.39 Å². The highest BCUT2D eigenvalue weighted by molar-refractivity contribution is 5.97. The molecular formula is C13H12FNO4. The summed E-state index contributed by atoms with van der Waals surface area (Å²) in [6, 6.07) is 2.83. The van der Waals surface area contributed by atoms with Crippen molar-refractivity contribution in [3.8, 4) is 0 Å². The number of rotatable bonds is 3. The molecule has 0 saturated carbocycles. The summed E-state index contributed by atoms with van der Waals surface area (Å²) in [5, 5.41) is 21.0. The molecule has 0 aliphatic heterocycles. The van der Waals surface area contributed by atoms with Gasteiger partial charge in [-0.15, -0.1) is 0 Å². The van der Waals surface area contributed by atoms with Crippen molar-refractivity contribution < 1.29 is 19.2 Å². The minimum atomic E-state index is -1.45. The van der Waals surface area contributed by atoms with Crippen LogP contribution < -0.4 is 0 Å². The number of aliphatic hydroxyl groups excluding tert-OH is 1. The molecule has 1 aromatic carbocycles. The average Bonchev–Trinajstić information content (AvgIpc) is 2.38. The Hall–Kier alpha value is -2.08. The fourth-order valence-corrected chi connectivity index (χ4v) is 2.12. The Morgan fingerprint density at radius 3 is 2.79 bits per heavy atom. The molecule has 1 aliphatic rings. The zero-order chi connectivity index (χ0) is 14.0. The van der Waals surface area contributed by atoms with Crippen LogP contribution in [0, 0.1) is 15.9 Å². The predicted octanol–water partition coefficient (Wildman–Crippen LogP) is 2.45. The minimum absolute atomic E-state index is 0.111. The first kappa shape index (κ1) is 13.4. The largest absolute Gasteiger partial charge is 0.383 e. The van der Waals surface area contributed by atoms with Gasteiger partial charge in [0.25, 0.3) is 5.69 Å². The maximum Gasteiger partial charge on any atom is 0.275 e. The van der Waals surface area contributed by atoms with Crippen molar-refractivity contribution in [2.45, 2.75) is 25.4 Å². The molecule has 6 heteroatoms. The number of halogens is 1. The van der Waals surface area contributed by atoms with Gasteiger partial charge in [0.15, 0.2) is 5.78 Å². The third kappa shape index (κ3) is 2.68. The molecule has 1 aliphatic carbocycles. The van der Waals surface area contributed by atoms with E-state index in [9.17, 15) is 24.4 Å². The van der Waals surface area contributed by atoms with E-state index in [1.807, 2.05) is 0 Å². The van der Waals surface area contributed by atoms with E-state index in [0.717, 1.165) is 18.2 Å². The Morgan fingerprint density at radius 2 is 2.16 bits per heavy atom. The minimum Gasteiger partial charge on any atom is -0.383 e. The van der Waals surface area contributed by atoms with Gasteiger partial charge in [0, 0.05) is 18.1 Å². The smallest absolute Gasteiger partial charge is 0.275 e. The van der Waals surface area contributed by atoms with Gasteiger partial charge in [-0.3, -0.25) is 14.9 Å². The highest BCUT2D eigenvalue weighted by Gasteiger charge is 2.28. The van der Waals surface area contributed by atoms with Crippen LogP contribution in [0.5, 0.6) is 0 Å².